The summed E-state index contributed by atoms with van der Waals surface area (Å²) in [6.07, 6.45) is 3.59. The number of halogens is 2. The third-order valence-electron chi connectivity index (χ3n) is 9.27. The van der Waals surface area contributed by atoms with Gasteiger partial charge in [0.2, 0.25) is 5.95 Å². The third kappa shape index (κ3) is 2.47. The van der Waals surface area contributed by atoms with Crippen LogP contribution in [-0.4, -0.2) is 75.6 Å². The smallest absolute Gasteiger partial charge is 0.262 e. The lowest BCUT2D eigenvalue weighted by molar-refractivity contribution is -0.904. The summed E-state index contributed by atoms with van der Waals surface area (Å²) in [5.41, 5.74) is 0.560. The molecule has 182 valence electrons. The molecule has 4 saturated heterocycles. The number of hydrogen-bond donors (Lipinski definition) is 1. The second kappa shape index (κ2) is 6.82. The average Bonchev–Trinajstić information content (AvgIpc) is 3.31. The van der Waals surface area contributed by atoms with Crippen molar-refractivity contribution in [2.75, 3.05) is 43.0 Å². The van der Waals surface area contributed by atoms with E-state index in [2.05, 4.69) is 21.8 Å². The van der Waals surface area contributed by atoms with Gasteiger partial charge in [-0.1, -0.05) is 41.9 Å². The summed E-state index contributed by atoms with van der Waals surface area (Å²) < 4.78 is 17.1. The monoisotopic (exact) mass is 503 g/mol. The number of likely N-dealkylation sites (N-methyl/N-ethyl adjacent to an activating group) is 1. The van der Waals surface area contributed by atoms with Gasteiger partial charge in [0.05, 0.1) is 31.9 Å². The van der Waals surface area contributed by atoms with Gasteiger partial charge >= 0.3 is 0 Å². The summed E-state index contributed by atoms with van der Waals surface area (Å²) in [5.74, 6) is 0.806. The minimum Gasteiger partial charge on any atom is -0.344 e. The largest absolute Gasteiger partial charge is 0.344 e. The molecule has 36 heavy (non-hydrogen) atoms. The number of hydrogen-bond acceptors (Lipinski definition) is 6. The summed E-state index contributed by atoms with van der Waals surface area (Å²) in [5, 5.41) is 13.8. The molecule has 4 aliphatic rings. The molecule has 1 N–H and O–H groups in total. The number of quaternary nitrogens is 1. The van der Waals surface area contributed by atoms with Gasteiger partial charge in [0.15, 0.2) is 11.9 Å². The second-order valence-electron chi connectivity index (χ2n) is 10.8. The minimum atomic E-state index is -0.604. The number of rotatable bonds is 3. The first-order chi connectivity index (χ1) is 17.4. The number of benzene rings is 2. The van der Waals surface area contributed by atoms with Gasteiger partial charge in [0.25, 0.3) is 5.72 Å². The van der Waals surface area contributed by atoms with E-state index in [-0.39, 0.29) is 17.3 Å². The summed E-state index contributed by atoms with van der Waals surface area (Å²) in [4.78, 5) is 18.6. The lowest BCUT2D eigenvalue weighted by atomic mass is 10.0. The highest BCUT2D eigenvalue weighted by atomic mass is 35.5. The minimum absolute atomic E-state index is 0.170. The molecule has 2 aromatic carbocycles. The van der Waals surface area contributed by atoms with E-state index in [0.717, 1.165) is 47.7 Å². The molecule has 0 aliphatic carbocycles. The number of nitrogens with zero attached hydrogens (tertiary/aromatic N) is 6. The normalized spacial score (nSPS) is 30.2. The Morgan fingerprint density at radius 2 is 1.92 bits per heavy atom. The Morgan fingerprint density at radius 3 is 2.67 bits per heavy atom. The van der Waals surface area contributed by atoms with E-state index in [1.165, 1.54) is 0 Å². The number of aliphatic hydroxyl groups is 1. The number of pyridine rings is 1. The Labute approximate surface area is 212 Å². The fourth-order valence-electron chi connectivity index (χ4n) is 6.90. The molecule has 7 nitrogen and oxygen atoms in total. The topological polar surface area (TPSA) is 65.4 Å². The zero-order chi connectivity index (χ0) is 24.4. The molecular formula is C27H25ClFN6O+. The molecule has 8 rings (SSSR count). The second-order valence-corrected chi connectivity index (χ2v) is 11.2. The van der Waals surface area contributed by atoms with Crippen LogP contribution in [0.4, 0.5) is 16.2 Å². The van der Waals surface area contributed by atoms with Crippen LogP contribution in [0.5, 0.6) is 0 Å². The van der Waals surface area contributed by atoms with Gasteiger partial charge in [-0.25, -0.2) is 9.37 Å². The zero-order valence-electron chi connectivity index (χ0n) is 19.8. The van der Waals surface area contributed by atoms with Gasteiger partial charge in [-0.15, -0.1) is 0 Å². The first-order valence-corrected chi connectivity index (χ1v) is 12.9. The summed E-state index contributed by atoms with van der Waals surface area (Å²) in [7, 11) is 2.14. The fourth-order valence-corrected chi connectivity index (χ4v) is 7.18. The molecule has 4 aromatic rings. The molecule has 0 saturated carbocycles. The Hall–Kier alpha value is -3.07. The molecule has 0 spiro atoms. The number of anilines is 2. The van der Waals surface area contributed by atoms with Crippen LogP contribution in [0.15, 0.2) is 42.6 Å². The first-order valence-electron chi connectivity index (χ1n) is 12.5. The van der Waals surface area contributed by atoms with Crippen molar-refractivity contribution in [1.29, 1.82) is 0 Å². The van der Waals surface area contributed by atoms with Crippen LogP contribution in [0.2, 0.25) is 5.02 Å². The average molecular weight is 504 g/mol. The van der Waals surface area contributed by atoms with Crippen molar-refractivity contribution in [3.05, 3.63) is 53.4 Å². The Kier molecular flexibility index (Phi) is 3.99. The van der Waals surface area contributed by atoms with Gasteiger partial charge in [0.1, 0.15) is 23.1 Å². The highest BCUT2D eigenvalue weighted by Crippen LogP contribution is 2.64. The van der Waals surface area contributed by atoms with E-state index in [0.29, 0.717) is 40.3 Å². The third-order valence-corrected chi connectivity index (χ3v) is 9.58. The predicted octanol–water partition coefficient (Wildman–Crippen LogP) is 3.96. The Bertz CT molecular complexity index is 1610. The quantitative estimate of drug-likeness (QED) is 0.337. The van der Waals surface area contributed by atoms with Crippen molar-refractivity contribution < 1.29 is 14.0 Å². The predicted molar refractivity (Wildman–Crippen MR) is 138 cm³/mol. The Balaban J connectivity index is 1.31. The van der Waals surface area contributed by atoms with E-state index in [4.69, 9.17) is 21.6 Å². The van der Waals surface area contributed by atoms with Crippen LogP contribution in [0.3, 0.4) is 0 Å². The van der Waals surface area contributed by atoms with Crippen LogP contribution in [0.25, 0.3) is 32.9 Å². The molecule has 6 heterocycles. The van der Waals surface area contributed by atoms with Crippen LogP contribution < -0.4 is 9.80 Å². The molecular weight excluding hydrogens is 479 g/mol. The van der Waals surface area contributed by atoms with Crippen molar-refractivity contribution in [3.63, 3.8) is 0 Å². The van der Waals surface area contributed by atoms with Crippen molar-refractivity contribution in [2.24, 2.45) is 0 Å². The maximum absolute atomic E-state index is 16.3. The maximum Gasteiger partial charge on any atom is 0.262 e. The molecule has 0 bridgehead atoms. The number of piperazine rings is 1. The van der Waals surface area contributed by atoms with Crippen LogP contribution in [0.1, 0.15) is 12.8 Å². The van der Waals surface area contributed by atoms with Gasteiger partial charge in [-0.05, 0) is 17.9 Å². The van der Waals surface area contributed by atoms with Crippen LogP contribution >= 0.6 is 11.6 Å². The van der Waals surface area contributed by atoms with Gasteiger partial charge in [-0.2, -0.15) is 4.98 Å². The molecule has 9 heteroatoms. The van der Waals surface area contributed by atoms with E-state index in [1.807, 2.05) is 36.4 Å². The summed E-state index contributed by atoms with van der Waals surface area (Å²) >= 11 is 6.55. The van der Waals surface area contributed by atoms with E-state index in [1.54, 1.807) is 6.20 Å². The summed E-state index contributed by atoms with van der Waals surface area (Å²) in [6.45, 7) is 3.20. The van der Waals surface area contributed by atoms with Crippen LogP contribution in [0, 0.1) is 5.82 Å². The van der Waals surface area contributed by atoms with Crippen molar-refractivity contribution in [1.82, 2.24) is 15.0 Å². The highest BCUT2D eigenvalue weighted by molar-refractivity contribution is 6.36. The van der Waals surface area contributed by atoms with Gasteiger partial charge in [0, 0.05) is 35.3 Å². The van der Waals surface area contributed by atoms with E-state index < -0.39 is 11.5 Å². The molecule has 3 unspecified atom stereocenters. The highest BCUT2D eigenvalue weighted by Gasteiger charge is 2.90. The standard InChI is InChI=1S/C27H25ClFN6O/c1-35-16-11-27(35,36)20(35)14-34(13-16)25-18-12-30-23(17-7-2-5-15-6-3-8-19(28)21(15)17)22(29)24(18)31-26(32-25)33-9-4-10-33/h2-3,5-8,12,16,20,36H,4,9-11,13-14H2,1H3/q+1/t16?,20?,27-,35?/m0/s1. The Morgan fingerprint density at radius 1 is 1.11 bits per heavy atom. The van der Waals surface area contributed by atoms with E-state index in [9.17, 15) is 5.11 Å². The summed E-state index contributed by atoms with van der Waals surface area (Å²) in [6, 6.07) is 11.9. The van der Waals surface area contributed by atoms with Gasteiger partial charge < -0.3 is 14.9 Å². The van der Waals surface area contributed by atoms with Crippen molar-refractivity contribution in [2.45, 2.75) is 30.7 Å². The molecule has 0 amide bonds. The number of fused-ring (bicyclic) bond motifs is 3. The SMILES string of the molecule is C[N+]12C3CN(c4nc(N5CCC5)nc5c(F)c(-c6cccc7cccc(Cl)c67)ncc45)CC1[C@@]2(O)C3. The molecule has 4 atom stereocenters. The van der Waals surface area contributed by atoms with Gasteiger partial charge in [-0.3, -0.25) is 9.47 Å². The molecule has 2 aromatic heterocycles. The first kappa shape index (κ1) is 21.1. The molecule has 4 aliphatic heterocycles. The van der Waals surface area contributed by atoms with Crippen molar-refractivity contribution >= 4 is 45.0 Å². The van der Waals surface area contributed by atoms with E-state index >= 15 is 4.39 Å². The molecule has 0 radical (unpaired) electrons. The number of aromatic nitrogens is 3. The lowest BCUT2D eigenvalue weighted by Crippen LogP contribution is -2.60. The van der Waals surface area contributed by atoms with Crippen LogP contribution in [-0.2, 0) is 0 Å². The lowest BCUT2D eigenvalue weighted by Gasteiger charge is -2.42. The zero-order valence-corrected chi connectivity index (χ0v) is 20.6. The fraction of sp³-hybridized carbons (Fsp3) is 0.370. The maximum atomic E-state index is 16.3. The molecule has 4 fully saturated rings. The van der Waals surface area contributed by atoms with Crippen molar-refractivity contribution in [3.8, 4) is 11.3 Å².